The van der Waals surface area contributed by atoms with Crippen molar-refractivity contribution < 1.29 is 4.42 Å². The second-order valence-corrected chi connectivity index (χ2v) is 5.11. The maximum atomic E-state index is 12.5. The highest BCUT2D eigenvalue weighted by Crippen LogP contribution is 2.16. The van der Waals surface area contributed by atoms with Crippen molar-refractivity contribution in [2.45, 2.75) is 13.3 Å². The van der Waals surface area contributed by atoms with Crippen LogP contribution in [0.15, 0.2) is 56.5 Å². The molecule has 1 heterocycles. The summed E-state index contributed by atoms with van der Waals surface area (Å²) in [5, 5.41) is 0.730. The molecule has 5 heteroatoms. The lowest BCUT2D eigenvalue weighted by Gasteiger charge is -2.06. The minimum absolute atomic E-state index is 0.193. The highest BCUT2D eigenvalue weighted by atomic mass is 35.5. The van der Waals surface area contributed by atoms with Gasteiger partial charge in [-0.15, -0.1) is 0 Å². The van der Waals surface area contributed by atoms with Gasteiger partial charge >= 0.3 is 5.76 Å². The number of nitrogens with zero attached hydrogens (tertiary/aromatic N) is 1. The number of fused-ring (bicyclic) bond motifs is 1. The molecule has 0 atom stereocenters. The van der Waals surface area contributed by atoms with Crippen molar-refractivity contribution in [1.29, 1.82) is 0 Å². The number of halogens is 1. The molecule has 21 heavy (non-hydrogen) atoms. The van der Waals surface area contributed by atoms with E-state index in [0.29, 0.717) is 16.1 Å². The van der Waals surface area contributed by atoms with Crippen molar-refractivity contribution in [3.05, 3.63) is 74.0 Å². The first kappa shape index (κ1) is 13.6. The number of aromatic nitrogens is 1. The van der Waals surface area contributed by atoms with E-state index in [1.165, 1.54) is 6.07 Å². The van der Waals surface area contributed by atoms with Gasteiger partial charge in [-0.25, -0.2) is 9.36 Å². The molecule has 1 aromatic heterocycles. The van der Waals surface area contributed by atoms with Gasteiger partial charge in [-0.1, -0.05) is 30.7 Å². The SMILES string of the molecule is CCc1ccc(-n2c(=O)oc3cc(Cl)ccc3c2=O)cc1. The lowest BCUT2D eigenvalue weighted by atomic mass is 10.1. The number of benzene rings is 2. The lowest BCUT2D eigenvalue weighted by molar-refractivity contribution is 0.504. The molecule has 106 valence electrons. The van der Waals surface area contributed by atoms with Gasteiger partial charge in [-0.3, -0.25) is 4.79 Å². The molecule has 0 spiro atoms. The van der Waals surface area contributed by atoms with Crippen molar-refractivity contribution >= 4 is 22.6 Å². The van der Waals surface area contributed by atoms with E-state index in [-0.39, 0.29) is 5.58 Å². The monoisotopic (exact) mass is 301 g/mol. The van der Waals surface area contributed by atoms with Gasteiger partial charge in [-0.05, 0) is 36.2 Å². The van der Waals surface area contributed by atoms with Crippen LogP contribution in [0.1, 0.15) is 12.5 Å². The Morgan fingerprint density at radius 2 is 1.81 bits per heavy atom. The largest absolute Gasteiger partial charge is 0.426 e. The van der Waals surface area contributed by atoms with Crippen LogP contribution in [0.4, 0.5) is 0 Å². The predicted molar refractivity (Wildman–Crippen MR) is 82.5 cm³/mol. The van der Waals surface area contributed by atoms with E-state index in [1.54, 1.807) is 24.3 Å². The maximum Gasteiger partial charge on any atom is 0.426 e. The summed E-state index contributed by atoms with van der Waals surface area (Å²) in [6.07, 6.45) is 0.889. The summed E-state index contributed by atoms with van der Waals surface area (Å²) in [4.78, 5) is 24.5. The van der Waals surface area contributed by atoms with Crippen molar-refractivity contribution in [2.75, 3.05) is 0 Å². The fourth-order valence-electron chi connectivity index (χ4n) is 2.20. The minimum atomic E-state index is -0.723. The molecular formula is C16H12ClNO3. The van der Waals surface area contributed by atoms with E-state index in [9.17, 15) is 9.59 Å². The Hall–Kier alpha value is -2.33. The van der Waals surface area contributed by atoms with Gasteiger partial charge in [0.1, 0.15) is 5.58 Å². The highest BCUT2D eigenvalue weighted by Gasteiger charge is 2.11. The van der Waals surface area contributed by atoms with E-state index >= 15 is 0 Å². The van der Waals surface area contributed by atoms with Gasteiger partial charge < -0.3 is 4.42 Å². The summed E-state index contributed by atoms with van der Waals surface area (Å²) < 4.78 is 6.21. The molecule has 0 saturated heterocycles. The Bertz CT molecular complexity index is 923. The van der Waals surface area contributed by atoms with Crippen LogP contribution in [0, 0.1) is 0 Å². The molecule has 4 nitrogen and oxygen atoms in total. The van der Waals surface area contributed by atoms with Crippen LogP contribution in [-0.2, 0) is 6.42 Å². The Labute approximate surface area is 125 Å². The van der Waals surface area contributed by atoms with Gasteiger partial charge in [0.05, 0.1) is 11.1 Å². The second kappa shape index (κ2) is 5.22. The molecule has 0 fully saturated rings. The fourth-order valence-corrected chi connectivity index (χ4v) is 2.37. The molecule has 3 rings (SSSR count). The first-order valence-electron chi connectivity index (χ1n) is 6.55. The van der Waals surface area contributed by atoms with E-state index in [0.717, 1.165) is 16.6 Å². The smallest absolute Gasteiger partial charge is 0.409 e. The Morgan fingerprint density at radius 1 is 1.10 bits per heavy atom. The Morgan fingerprint density at radius 3 is 2.48 bits per heavy atom. The average Bonchev–Trinajstić information content (AvgIpc) is 2.47. The molecule has 0 aliphatic carbocycles. The molecule has 0 bridgehead atoms. The van der Waals surface area contributed by atoms with E-state index in [2.05, 4.69) is 0 Å². The third-order valence-corrected chi connectivity index (χ3v) is 3.59. The van der Waals surface area contributed by atoms with Crippen LogP contribution in [0.5, 0.6) is 0 Å². The molecule has 0 unspecified atom stereocenters. The average molecular weight is 302 g/mol. The minimum Gasteiger partial charge on any atom is -0.409 e. The molecule has 3 aromatic rings. The number of rotatable bonds is 2. The van der Waals surface area contributed by atoms with Gasteiger partial charge in [-0.2, -0.15) is 0 Å². The van der Waals surface area contributed by atoms with Crippen molar-refractivity contribution in [3.63, 3.8) is 0 Å². The van der Waals surface area contributed by atoms with Gasteiger partial charge in [0, 0.05) is 11.1 Å². The first-order valence-corrected chi connectivity index (χ1v) is 6.92. The van der Waals surface area contributed by atoms with Crippen LogP contribution < -0.4 is 11.3 Å². The van der Waals surface area contributed by atoms with Crippen molar-refractivity contribution in [1.82, 2.24) is 4.57 Å². The third kappa shape index (κ3) is 2.38. The summed E-state index contributed by atoms with van der Waals surface area (Å²) >= 11 is 5.84. The van der Waals surface area contributed by atoms with Crippen LogP contribution in [0.25, 0.3) is 16.7 Å². The van der Waals surface area contributed by atoms with Gasteiger partial charge in [0.15, 0.2) is 0 Å². The quantitative estimate of drug-likeness (QED) is 0.730. The number of hydrogen-bond donors (Lipinski definition) is 0. The molecular weight excluding hydrogens is 290 g/mol. The van der Waals surface area contributed by atoms with Crippen LogP contribution >= 0.6 is 11.6 Å². The Kier molecular flexibility index (Phi) is 3.39. The van der Waals surface area contributed by atoms with Gasteiger partial charge in [0.25, 0.3) is 5.56 Å². The predicted octanol–water partition coefficient (Wildman–Crippen LogP) is 3.16. The number of aryl methyl sites for hydroxylation is 1. The molecule has 2 aromatic carbocycles. The zero-order valence-corrected chi connectivity index (χ0v) is 12.1. The van der Waals surface area contributed by atoms with Crippen molar-refractivity contribution in [3.8, 4) is 5.69 Å². The highest BCUT2D eigenvalue weighted by molar-refractivity contribution is 6.31. The maximum absolute atomic E-state index is 12.5. The molecule has 0 radical (unpaired) electrons. The molecule has 0 amide bonds. The second-order valence-electron chi connectivity index (χ2n) is 4.67. The fraction of sp³-hybridized carbons (Fsp3) is 0.125. The number of hydrogen-bond acceptors (Lipinski definition) is 3. The van der Waals surface area contributed by atoms with Crippen LogP contribution in [0.2, 0.25) is 5.02 Å². The van der Waals surface area contributed by atoms with E-state index in [4.69, 9.17) is 16.0 Å². The normalized spacial score (nSPS) is 11.0. The first-order chi connectivity index (χ1) is 10.1. The molecule has 0 N–H and O–H groups in total. The Balaban J connectivity index is 2.29. The topological polar surface area (TPSA) is 52.2 Å². The molecule has 0 aliphatic heterocycles. The van der Waals surface area contributed by atoms with Crippen molar-refractivity contribution in [2.24, 2.45) is 0 Å². The molecule has 0 saturated carbocycles. The summed E-state index contributed by atoms with van der Waals surface area (Å²) in [6.45, 7) is 2.04. The van der Waals surface area contributed by atoms with E-state index < -0.39 is 11.3 Å². The lowest BCUT2D eigenvalue weighted by Crippen LogP contribution is -2.30. The molecule has 0 aliphatic rings. The third-order valence-electron chi connectivity index (χ3n) is 3.36. The zero-order chi connectivity index (χ0) is 15.0. The van der Waals surface area contributed by atoms with Crippen LogP contribution in [0.3, 0.4) is 0 Å². The summed E-state index contributed by atoms with van der Waals surface area (Å²) in [5.41, 5.74) is 1.40. The van der Waals surface area contributed by atoms with E-state index in [1.807, 2.05) is 19.1 Å². The standard InChI is InChI=1S/C16H12ClNO3/c1-2-10-3-6-12(7-4-10)18-15(19)13-8-5-11(17)9-14(13)21-16(18)20/h3-9H,2H2,1H3. The summed E-state index contributed by atoms with van der Waals surface area (Å²) in [5.74, 6) is -0.723. The summed E-state index contributed by atoms with van der Waals surface area (Å²) in [6, 6.07) is 11.8. The van der Waals surface area contributed by atoms with Crippen LogP contribution in [-0.4, -0.2) is 4.57 Å². The zero-order valence-electron chi connectivity index (χ0n) is 11.3. The summed E-state index contributed by atoms with van der Waals surface area (Å²) in [7, 11) is 0. The van der Waals surface area contributed by atoms with Gasteiger partial charge in [0.2, 0.25) is 0 Å².